The molecule has 0 spiro atoms. The highest BCUT2D eigenvalue weighted by molar-refractivity contribution is 6.60. The number of esters is 1. The third-order valence-electron chi connectivity index (χ3n) is 6.69. The molecule has 2 rings (SSSR count). The molecule has 0 radical (unpaired) electrons. The molecule has 0 unspecified atom stereocenters. The quantitative estimate of drug-likeness (QED) is 0.102. The van der Waals surface area contributed by atoms with Gasteiger partial charge in [0.05, 0.1) is 13.7 Å². The van der Waals surface area contributed by atoms with E-state index < -0.39 is 8.80 Å². The highest BCUT2D eigenvalue weighted by Crippen LogP contribution is 2.34. The topological polar surface area (TPSA) is 63.2 Å². The molecule has 1 aliphatic rings. The molecule has 0 aromatic heterocycles. The monoisotopic (exact) mass is 506 g/mol. The molecule has 198 valence electrons. The Balaban J connectivity index is 1.61. The zero-order valence-electron chi connectivity index (χ0n) is 22.3. The lowest BCUT2D eigenvalue weighted by atomic mass is 9.79. The van der Waals surface area contributed by atoms with Crippen LogP contribution in [0, 0.1) is 11.8 Å². The van der Waals surface area contributed by atoms with Crippen LogP contribution in [-0.4, -0.2) is 48.3 Å². The summed E-state index contributed by atoms with van der Waals surface area (Å²) in [5, 5.41) is 0. The molecule has 7 heteroatoms. The van der Waals surface area contributed by atoms with Crippen molar-refractivity contribution in [2.75, 3.05) is 33.5 Å². The molecule has 0 heterocycles. The van der Waals surface area contributed by atoms with Crippen molar-refractivity contribution in [3.8, 4) is 5.75 Å². The third-order valence-corrected chi connectivity index (χ3v) is 9.84. The molecule has 1 saturated carbocycles. The average molecular weight is 507 g/mol. The number of methoxy groups -OCH3 is 1. The van der Waals surface area contributed by atoms with Gasteiger partial charge in [-0.2, -0.15) is 0 Å². The molecule has 35 heavy (non-hydrogen) atoms. The maximum Gasteiger partial charge on any atom is 0.500 e. The molecular formula is C28H46O6Si. The standard InChI is InChI=1S/C28H46O6Si/c1-5-32-35(33-6-2,34-7-3)23-9-8-10-24-11-13-26(14-12-24)21-22-31-27-18-15-25(16-19-27)17-20-28(29)30-4/h15-20,24,26H,5-14,21-23H2,1-4H3/b20-17+/t24-,26-. The summed E-state index contributed by atoms with van der Waals surface area (Å²) in [5.41, 5.74) is 0.947. The van der Waals surface area contributed by atoms with Gasteiger partial charge in [0, 0.05) is 31.9 Å². The fourth-order valence-electron chi connectivity index (χ4n) is 4.84. The number of rotatable bonds is 17. The Morgan fingerprint density at radius 3 is 2.00 bits per heavy atom. The van der Waals surface area contributed by atoms with Crippen LogP contribution in [-0.2, 0) is 22.8 Å². The van der Waals surface area contributed by atoms with Gasteiger partial charge < -0.3 is 22.8 Å². The second kappa shape index (κ2) is 16.9. The highest BCUT2D eigenvalue weighted by Gasteiger charge is 2.39. The lowest BCUT2D eigenvalue weighted by molar-refractivity contribution is -0.134. The highest BCUT2D eigenvalue weighted by atomic mass is 28.4. The molecule has 6 nitrogen and oxygen atoms in total. The van der Waals surface area contributed by atoms with Crippen LogP contribution in [0.5, 0.6) is 5.75 Å². The maximum atomic E-state index is 11.2. The first-order chi connectivity index (χ1) is 17.0. The molecule has 0 saturated heterocycles. The first-order valence-corrected chi connectivity index (χ1v) is 15.4. The molecule has 0 N–H and O–H groups in total. The minimum atomic E-state index is -2.49. The fraction of sp³-hybridized carbons (Fsp3) is 0.679. The van der Waals surface area contributed by atoms with E-state index in [-0.39, 0.29) is 5.97 Å². The first-order valence-electron chi connectivity index (χ1n) is 13.4. The summed E-state index contributed by atoms with van der Waals surface area (Å²) in [7, 11) is -1.11. The summed E-state index contributed by atoms with van der Waals surface area (Å²) in [6, 6.07) is 8.73. The van der Waals surface area contributed by atoms with Gasteiger partial charge >= 0.3 is 14.8 Å². The molecule has 1 aliphatic carbocycles. The van der Waals surface area contributed by atoms with Gasteiger partial charge in [0.15, 0.2) is 0 Å². The van der Waals surface area contributed by atoms with Crippen molar-refractivity contribution in [1.82, 2.24) is 0 Å². The van der Waals surface area contributed by atoms with E-state index >= 15 is 0 Å². The van der Waals surface area contributed by atoms with E-state index in [0.29, 0.717) is 19.8 Å². The van der Waals surface area contributed by atoms with Crippen LogP contribution in [0.3, 0.4) is 0 Å². The summed E-state index contributed by atoms with van der Waals surface area (Å²) in [4.78, 5) is 11.2. The van der Waals surface area contributed by atoms with Crippen LogP contribution >= 0.6 is 0 Å². The van der Waals surface area contributed by atoms with Crippen molar-refractivity contribution in [3.05, 3.63) is 35.9 Å². The van der Waals surface area contributed by atoms with Gasteiger partial charge in [-0.15, -0.1) is 0 Å². The van der Waals surface area contributed by atoms with Crippen molar-refractivity contribution in [3.63, 3.8) is 0 Å². The van der Waals surface area contributed by atoms with Crippen molar-refractivity contribution in [2.45, 2.75) is 78.2 Å². The van der Waals surface area contributed by atoms with Gasteiger partial charge in [-0.3, -0.25) is 0 Å². The first kappa shape index (κ1) is 29.6. The number of carbonyl (C=O) groups excluding carboxylic acids is 1. The summed E-state index contributed by atoms with van der Waals surface area (Å²) in [5.74, 6) is 2.13. The second-order valence-electron chi connectivity index (χ2n) is 9.18. The average Bonchev–Trinajstić information content (AvgIpc) is 2.87. The number of ether oxygens (including phenoxy) is 2. The van der Waals surface area contributed by atoms with Gasteiger partial charge in [0.1, 0.15) is 5.75 Å². The van der Waals surface area contributed by atoms with E-state index in [0.717, 1.165) is 48.6 Å². The summed E-state index contributed by atoms with van der Waals surface area (Å²) >= 11 is 0. The van der Waals surface area contributed by atoms with E-state index in [1.54, 1.807) is 6.08 Å². The van der Waals surface area contributed by atoms with Gasteiger partial charge in [-0.1, -0.05) is 50.7 Å². The van der Waals surface area contributed by atoms with Crippen LogP contribution in [0.4, 0.5) is 0 Å². The van der Waals surface area contributed by atoms with Gasteiger partial charge in [0.2, 0.25) is 0 Å². The minimum Gasteiger partial charge on any atom is -0.494 e. The second-order valence-corrected chi connectivity index (χ2v) is 11.9. The number of benzene rings is 1. The molecule has 0 atom stereocenters. The zero-order chi connectivity index (χ0) is 25.4. The normalized spacial score (nSPS) is 18.6. The molecular weight excluding hydrogens is 460 g/mol. The van der Waals surface area contributed by atoms with Gasteiger partial charge in [0.25, 0.3) is 0 Å². The van der Waals surface area contributed by atoms with Gasteiger partial charge in [-0.05, 0) is 69.2 Å². The SMILES string of the molecule is CCO[Si](CCCC[C@H]1CC[C@H](CCOc2ccc(/C=C/C(=O)OC)cc2)CC1)(OCC)OCC. The predicted octanol–water partition coefficient (Wildman–Crippen LogP) is 6.67. The van der Waals surface area contributed by atoms with Crippen molar-refractivity contribution >= 4 is 20.8 Å². The van der Waals surface area contributed by atoms with Crippen LogP contribution in [0.1, 0.15) is 77.7 Å². The van der Waals surface area contributed by atoms with E-state index in [4.69, 9.17) is 18.0 Å². The zero-order valence-corrected chi connectivity index (χ0v) is 23.3. The Bertz CT molecular complexity index is 710. The fourth-order valence-corrected chi connectivity index (χ4v) is 7.52. The summed E-state index contributed by atoms with van der Waals surface area (Å²) < 4.78 is 28.5. The molecule has 1 aromatic carbocycles. The van der Waals surface area contributed by atoms with E-state index in [1.165, 1.54) is 51.7 Å². The number of carbonyl (C=O) groups is 1. The summed E-state index contributed by atoms with van der Waals surface area (Å²) in [6.45, 7) is 8.77. The Morgan fingerprint density at radius 2 is 1.46 bits per heavy atom. The lowest BCUT2D eigenvalue weighted by Gasteiger charge is -2.30. The smallest absolute Gasteiger partial charge is 0.494 e. The number of hydrogen-bond acceptors (Lipinski definition) is 6. The van der Waals surface area contributed by atoms with Crippen molar-refractivity contribution < 1.29 is 27.5 Å². The minimum absolute atomic E-state index is 0.353. The van der Waals surface area contributed by atoms with Crippen molar-refractivity contribution in [2.24, 2.45) is 11.8 Å². The Morgan fingerprint density at radius 1 is 0.886 bits per heavy atom. The maximum absolute atomic E-state index is 11.2. The lowest BCUT2D eigenvalue weighted by Crippen LogP contribution is -2.45. The van der Waals surface area contributed by atoms with Crippen LogP contribution in [0.2, 0.25) is 6.04 Å². The molecule has 1 aromatic rings. The Kier molecular flexibility index (Phi) is 14.3. The van der Waals surface area contributed by atoms with Crippen LogP contribution in [0.15, 0.2) is 30.3 Å². The summed E-state index contributed by atoms with van der Waals surface area (Å²) in [6.07, 6.45) is 13.2. The Labute approximate surface area is 213 Å². The Hall–Kier alpha value is -1.67. The van der Waals surface area contributed by atoms with E-state index in [9.17, 15) is 4.79 Å². The molecule has 0 aliphatic heterocycles. The van der Waals surface area contributed by atoms with Crippen molar-refractivity contribution in [1.29, 1.82) is 0 Å². The predicted molar refractivity (Wildman–Crippen MR) is 142 cm³/mol. The molecule has 1 fully saturated rings. The number of hydrogen-bond donors (Lipinski definition) is 0. The molecule has 0 amide bonds. The number of unbranched alkanes of at least 4 members (excludes halogenated alkanes) is 1. The van der Waals surface area contributed by atoms with Crippen LogP contribution < -0.4 is 4.74 Å². The third kappa shape index (κ3) is 11.3. The van der Waals surface area contributed by atoms with Gasteiger partial charge in [-0.25, -0.2) is 4.79 Å². The van der Waals surface area contributed by atoms with E-state index in [1.807, 2.05) is 45.0 Å². The van der Waals surface area contributed by atoms with Crippen LogP contribution in [0.25, 0.3) is 6.08 Å². The molecule has 0 bridgehead atoms. The largest absolute Gasteiger partial charge is 0.500 e. The van der Waals surface area contributed by atoms with E-state index in [2.05, 4.69) is 4.74 Å².